The maximum Gasteiger partial charge on any atom is 0.0597 e. The van der Waals surface area contributed by atoms with Gasteiger partial charge < -0.3 is 0 Å². The van der Waals surface area contributed by atoms with Crippen LogP contribution in [0.4, 0.5) is 5.69 Å². The van der Waals surface area contributed by atoms with E-state index < -0.39 is 0 Å². The van der Waals surface area contributed by atoms with Gasteiger partial charge in [0.05, 0.1) is 11.7 Å². The fourth-order valence-electron chi connectivity index (χ4n) is 1.85. The van der Waals surface area contributed by atoms with Crippen LogP contribution in [0, 0.1) is 6.92 Å². The van der Waals surface area contributed by atoms with Crippen LogP contribution < -0.4 is 5.01 Å². The molecule has 1 heterocycles. The third-order valence-electron chi connectivity index (χ3n) is 2.59. The summed E-state index contributed by atoms with van der Waals surface area (Å²) < 4.78 is 0. The summed E-state index contributed by atoms with van der Waals surface area (Å²) in [5, 5.41) is 6.63. The van der Waals surface area contributed by atoms with Crippen molar-refractivity contribution in [1.29, 1.82) is 0 Å². The number of rotatable bonds is 1. The monoisotopic (exact) mass is 188 g/mol. The van der Waals surface area contributed by atoms with Crippen molar-refractivity contribution in [2.45, 2.75) is 33.2 Å². The fraction of sp³-hybridized carbons (Fsp3) is 0.417. The lowest BCUT2D eigenvalue weighted by atomic mass is 10.1. The molecule has 0 amide bonds. The molecule has 2 heteroatoms. The van der Waals surface area contributed by atoms with E-state index in [1.54, 1.807) is 0 Å². The number of aryl methyl sites for hydroxylation is 1. The molecule has 0 saturated heterocycles. The maximum atomic E-state index is 4.52. The molecular weight excluding hydrogens is 172 g/mol. The Kier molecular flexibility index (Phi) is 2.28. The summed E-state index contributed by atoms with van der Waals surface area (Å²) in [5.74, 6) is 0. The third-order valence-corrected chi connectivity index (χ3v) is 2.59. The fourth-order valence-corrected chi connectivity index (χ4v) is 1.85. The molecule has 0 N–H and O–H groups in total. The molecule has 74 valence electrons. The van der Waals surface area contributed by atoms with E-state index in [9.17, 15) is 0 Å². The first-order valence-electron chi connectivity index (χ1n) is 5.07. The molecule has 0 saturated carbocycles. The Bertz CT molecular complexity index is 351. The summed E-state index contributed by atoms with van der Waals surface area (Å²) in [6, 6.07) is 9.02. The molecule has 1 aromatic rings. The van der Waals surface area contributed by atoms with E-state index >= 15 is 0 Å². The lowest BCUT2D eigenvalue weighted by Crippen LogP contribution is -2.22. The molecule has 0 aliphatic carbocycles. The molecule has 0 fully saturated rings. The van der Waals surface area contributed by atoms with E-state index in [-0.39, 0.29) is 0 Å². The lowest BCUT2D eigenvalue weighted by molar-refractivity contribution is 0.723. The summed E-state index contributed by atoms with van der Waals surface area (Å²) in [7, 11) is 0. The van der Waals surface area contributed by atoms with Gasteiger partial charge in [-0.15, -0.1) is 0 Å². The average Bonchev–Trinajstić information content (AvgIpc) is 2.47. The summed E-state index contributed by atoms with van der Waals surface area (Å²) in [5.41, 5.74) is 3.71. The highest BCUT2D eigenvalue weighted by Crippen LogP contribution is 2.24. The minimum absolute atomic E-state index is 0.498. The van der Waals surface area contributed by atoms with Gasteiger partial charge in [0.1, 0.15) is 0 Å². The third kappa shape index (κ3) is 1.65. The molecular formula is C12H16N2. The van der Waals surface area contributed by atoms with Crippen molar-refractivity contribution < 1.29 is 0 Å². The summed E-state index contributed by atoms with van der Waals surface area (Å²) in [4.78, 5) is 0. The molecule has 1 atom stereocenters. The molecule has 2 rings (SSSR count). The van der Waals surface area contributed by atoms with Crippen LogP contribution in [-0.2, 0) is 0 Å². The van der Waals surface area contributed by atoms with Crippen LogP contribution in [0.25, 0.3) is 0 Å². The van der Waals surface area contributed by atoms with Crippen LogP contribution in [0.1, 0.15) is 25.8 Å². The Balaban J connectivity index is 2.27. The van der Waals surface area contributed by atoms with Crippen molar-refractivity contribution >= 4 is 11.4 Å². The largest absolute Gasteiger partial charge is 0.262 e. The summed E-state index contributed by atoms with van der Waals surface area (Å²) >= 11 is 0. The van der Waals surface area contributed by atoms with E-state index in [4.69, 9.17) is 0 Å². The highest BCUT2D eigenvalue weighted by Gasteiger charge is 2.20. The van der Waals surface area contributed by atoms with Crippen molar-refractivity contribution in [2.75, 3.05) is 5.01 Å². The molecule has 0 aromatic heterocycles. The van der Waals surface area contributed by atoms with Gasteiger partial charge in [0.2, 0.25) is 0 Å². The molecule has 0 spiro atoms. The van der Waals surface area contributed by atoms with E-state index in [0.29, 0.717) is 6.04 Å². The van der Waals surface area contributed by atoms with E-state index in [1.807, 2.05) is 0 Å². The Morgan fingerprint density at radius 3 is 2.36 bits per heavy atom. The summed E-state index contributed by atoms with van der Waals surface area (Å²) in [6.45, 7) is 6.40. The quantitative estimate of drug-likeness (QED) is 0.661. The van der Waals surface area contributed by atoms with Gasteiger partial charge in [-0.3, -0.25) is 5.01 Å². The van der Waals surface area contributed by atoms with Crippen molar-refractivity contribution in [2.24, 2.45) is 5.10 Å². The van der Waals surface area contributed by atoms with Gasteiger partial charge >= 0.3 is 0 Å². The Labute approximate surface area is 85.2 Å². The van der Waals surface area contributed by atoms with Crippen molar-refractivity contribution in [3.8, 4) is 0 Å². The number of hydrogen-bond acceptors (Lipinski definition) is 2. The minimum Gasteiger partial charge on any atom is -0.262 e. The van der Waals surface area contributed by atoms with Gasteiger partial charge in [-0.05, 0) is 32.9 Å². The number of hydrogen-bond donors (Lipinski definition) is 0. The van der Waals surface area contributed by atoms with E-state index in [2.05, 4.69) is 55.1 Å². The summed E-state index contributed by atoms with van der Waals surface area (Å²) in [6.07, 6.45) is 1.08. The second kappa shape index (κ2) is 3.45. The van der Waals surface area contributed by atoms with Gasteiger partial charge in [0.15, 0.2) is 0 Å². The Hall–Kier alpha value is -1.31. The predicted molar refractivity (Wildman–Crippen MR) is 60.8 cm³/mol. The second-order valence-electron chi connectivity index (χ2n) is 4.07. The molecule has 14 heavy (non-hydrogen) atoms. The van der Waals surface area contributed by atoms with Gasteiger partial charge in [-0.25, -0.2) is 0 Å². The van der Waals surface area contributed by atoms with Gasteiger partial charge in [0, 0.05) is 12.1 Å². The molecule has 1 aliphatic heterocycles. The lowest BCUT2D eigenvalue weighted by Gasteiger charge is -2.20. The Morgan fingerprint density at radius 2 is 1.86 bits per heavy atom. The van der Waals surface area contributed by atoms with Crippen LogP contribution in [0.2, 0.25) is 0 Å². The maximum absolute atomic E-state index is 4.52. The Morgan fingerprint density at radius 1 is 1.21 bits per heavy atom. The molecule has 0 bridgehead atoms. The zero-order valence-corrected chi connectivity index (χ0v) is 8.99. The molecule has 1 aromatic carbocycles. The average molecular weight is 188 g/mol. The van der Waals surface area contributed by atoms with Crippen LogP contribution in [0.3, 0.4) is 0 Å². The second-order valence-corrected chi connectivity index (χ2v) is 4.07. The molecule has 2 nitrogen and oxygen atoms in total. The van der Waals surface area contributed by atoms with Crippen molar-refractivity contribution in [3.63, 3.8) is 0 Å². The van der Waals surface area contributed by atoms with Gasteiger partial charge in [-0.2, -0.15) is 5.10 Å². The van der Waals surface area contributed by atoms with Gasteiger partial charge in [0.25, 0.3) is 0 Å². The molecule has 1 aliphatic rings. The smallest absolute Gasteiger partial charge is 0.0597 e. The van der Waals surface area contributed by atoms with E-state index in [0.717, 1.165) is 6.42 Å². The SMILES string of the molecule is CC1=NN(c2ccc(C)cc2)C(C)C1. The standard InChI is InChI=1S/C12H16N2/c1-9-4-6-12(7-5-9)14-11(3)8-10(2)13-14/h4-7,11H,8H2,1-3H3. The normalized spacial score (nSPS) is 21.2. The first kappa shape index (κ1) is 9.25. The molecule has 0 radical (unpaired) electrons. The van der Waals surface area contributed by atoms with Crippen LogP contribution in [0.5, 0.6) is 0 Å². The number of nitrogens with zero attached hydrogens (tertiary/aromatic N) is 2. The highest BCUT2D eigenvalue weighted by atomic mass is 15.5. The number of hydrazone groups is 1. The zero-order chi connectivity index (χ0) is 10.1. The van der Waals surface area contributed by atoms with Gasteiger partial charge in [-0.1, -0.05) is 17.7 Å². The molecule has 1 unspecified atom stereocenters. The van der Waals surface area contributed by atoms with E-state index in [1.165, 1.54) is 17.0 Å². The van der Waals surface area contributed by atoms with Crippen LogP contribution in [-0.4, -0.2) is 11.8 Å². The topological polar surface area (TPSA) is 15.6 Å². The highest BCUT2D eigenvalue weighted by molar-refractivity contribution is 5.86. The number of anilines is 1. The van der Waals surface area contributed by atoms with Crippen molar-refractivity contribution in [1.82, 2.24) is 0 Å². The van der Waals surface area contributed by atoms with Crippen LogP contribution >= 0.6 is 0 Å². The first-order valence-corrected chi connectivity index (χ1v) is 5.07. The van der Waals surface area contributed by atoms with Crippen molar-refractivity contribution in [3.05, 3.63) is 29.8 Å². The number of benzene rings is 1. The minimum atomic E-state index is 0.498. The first-order chi connectivity index (χ1) is 6.66. The predicted octanol–water partition coefficient (Wildman–Crippen LogP) is 2.97. The van der Waals surface area contributed by atoms with Crippen LogP contribution in [0.15, 0.2) is 29.4 Å². The zero-order valence-electron chi connectivity index (χ0n) is 8.99.